The Morgan fingerprint density at radius 1 is 1.32 bits per heavy atom. The normalized spacial score (nSPS) is 12.5. The molecule has 28 heavy (non-hydrogen) atoms. The molecule has 1 unspecified atom stereocenters. The van der Waals surface area contributed by atoms with Crippen LogP contribution in [0.25, 0.3) is 0 Å². The molecule has 0 spiro atoms. The van der Waals surface area contributed by atoms with Gasteiger partial charge in [-0.2, -0.15) is 10.2 Å². The summed E-state index contributed by atoms with van der Waals surface area (Å²) in [5.74, 6) is -0.125. The quantitative estimate of drug-likeness (QED) is 0.372. The number of nitrogens with zero attached hydrogens (tertiary/aromatic N) is 3. The van der Waals surface area contributed by atoms with Gasteiger partial charge in [-0.3, -0.25) is 4.79 Å². The van der Waals surface area contributed by atoms with Gasteiger partial charge in [0.1, 0.15) is 11.9 Å². The number of nitrogens with one attached hydrogen (secondary N) is 3. The van der Waals surface area contributed by atoms with E-state index in [0.717, 1.165) is 18.7 Å². The van der Waals surface area contributed by atoms with E-state index in [1.54, 1.807) is 0 Å². The third-order valence-electron chi connectivity index (χ3n) is 3.80. The van der Waals surface area contributed by atoms with E-state index in [9.17, 15) is 4.79 Å². The van der Waals surface area contributed by atoms with E-state index in [1.165, 1.54) is 6.92 Å². The molecule has 1 aromatic rings. The summed E-state index contributed by atoms with van der Waals surface area (Å²) in [4.78, 5) is 13.3. The van der Waals surface area contributed by atoms with Crippen molar-refractivity contribution in [3.63, 3.8) is 0 Å². The van der Waals surface area contributed by atoms with Crippen molar-refractivity contribution in [3.8, 4) is 0 Å². The minimum absolute atomic E-state index is 0.125. The van der Waals surface area contributed by atoms with E-state index in [1.807, 2.05) is 70.4 Å². The lowest BCUT2D eigenvalue weighted by Crippen LogP contribution is -2.21. The maximum atomic E-state index is 11.3. The van der Waals surface area contributed by atoms with Gasteiger partial charge in [0, 0.05) is 52.3 Å². The zero-order valence-electron chi connectivity index (χ0n) is 17.8. The lowest BCUT2D eigenvalue weighted by molar-refractivity contribution is -0.114. The molecule has 0 heterocycles. The zero-order chi connectivity index (χ0) is 20.9. The van der Waals surface area contributed by atoms with E-state index in [0.29, 0.717) is 18.0 Å². The van der Waals surface area contributed by atoms with Crippen molar-refractivity contribution >= 4 is 23.0 Å². The number of hydrogen-bond acceptors (Lipinski definition) is 7. The van der Waals surface area contributed by atoms with Gasteiger partial charge in [-0.25, -0.2) is 0 Å². The monoisotopic (exact) mass is 390 g/mol. The number of azo groups is 1. The molecule has 0 saturated heterocycles. The summed E-state index contributed by atoms with van der Waals surface area (Å²) in [6.07, 6.45) is 4.70. The molecule has 0 aliphatic heterocycles. The van der Waals surface area contributed by atoms with Crippen molar-refractivity contribution in [1.82, 2.24) is 10.2 Å². The van der Waals surface area contributed by atoms with Crippen molar-refractivity contribution in [2.45, 2.75) is 46.4 Å². The Morgan fingerprint density at radius 3 is 2.71 bits per heavy atom. The maximum Gasteiger partial charge on any atom is 0.221 e. The molecule has 0 radical (unpaired) electrons. The number of rotatable bonds is 12. The Bertz CT molecular complexity index is 660. The van der Waals surface area contributed by atoms with Crippen LogP contribution in [0.15, 0.2) is 40.8 Å². The number of hydrogen-bond donors (Lipinski definition) is 3. The number of benzene rings is 1. The molecule has 0 aromatic heterocycles. The molecule has 1 amide bonds. The fraction of sp³-hybridized carbons (Fsp3) is 0.550. The highest BCUT2D eigenvalue weighted by Gasteiger charge is 2.07. The molecule has 3 N–H and O–H groups in total. The van der Waals surface area contributed by atoms with Gasteiger partial charge in [-0.15, -0.1) is 0 Å². The molecule has 1 rings (SSSR count). The first-order chi connectivity index (χ1) is 13.3. The molecule has 0 aliphatic carbocycles. The van der Waals surface area contributed by atoms with Crippen LogP contribution in [0.3, 0.4) is 0 Å². The first kappa shape index (κ1) is 23.4. The summed E-state index contributed by atoms with van der Waals surface area (Å²) >= 11 is 0. The molecule has 0 fully saturated rings. The van der Waals surface area contributed by atoms with Gasteiger partial charge in [0.2, 0.25) is 5.91 Å². The van der Waals surface area contributed by atoms with Gasteiger partial charge < -0.3 is 25.6 Å². The van der Waals surface area contributed by atoms with Crippen LogP contribution in [0, 0.1) is 0 Å². The second-order valence-electron chi connectivity index (χ2n) is 6.73. The van der Waals surface area contributed by atoms with Crippen LogP contribution in [0.4, 0.5) is 17.1 Å². The molecule has 8 nitrogen and oxygen atoms in total. The molecule has 156 valence electrons. The van der Waals surface area contributed by atoms with Gasteiger partial charge in [-0.1, -0.05) is 0 Å². The van der Waals surface area contributed by atoms with Gasteiger partial charge in [0.25, 0.3) is 0 Å². The van der Waals surface area contributed by atoms with Crippen LogP contribution in [0.1, 0.15) is 34.1 Å². The Hall–Kier alpha value is -2.61. The highest BCUT2D eigenvalue weighted by Crippen LogP contribution is 2.29. The largest absolute Gasteiger partial charge is 0.393 e. The number of ether oxygens (including phenoxy) is 1. The lowest BCUT2D eigenvalue weighted by atomic mass is 10.2. The van der Waals surface area contributed by atoms with E-state index in [4.69, 9.17) is 4.74 Å². The minimum Gasteiger partial charge on any atom is -0.393 e. The summed E-state index contributed by atoms with van der Waals surface area (Å²) in [6, 6.07) is 5.56. The minimum atomic E-state index is -0.138. The van der Waals surface area contributed by atoms with E-state index < -0.39 is 0 Å². The van der Waals surface area contributed by atoms with Crippen molar-refractivity contribution < 1.29 is 9.53 Å². The van der Waals surface area contributed by atoms with Crippen LogP contribution >= 0.6 is 0 Å². The van der Waals surface area contributed by atoms with E-state index in [-0.39, 0.29) is 18.2 Å². The predicted molar refractivity (Wildman–Crippen MR) is 115 cm³/mol. The second-order valence-corrected chi connectivity index (χ2v) is 6.73. The number of carbonyl (C=O) groups excluding carboxylic acids is 1. The molecule has 0 bridgehead atoms. The average molecular weight is 391 g/mol. The summed E-state index contributed by atoms with van der Waals surface area (Å²) in [7, 11) is 3.77. The first-order valence-corrected chi connectivity index (χ1v) is 9.57. The van der Waals surface area contributed by atoms with Gasteiger partial charge in [-0.05, 0) is 45.4 Å². The highest BCUT2D eigenvalue weighted by molar-refractivity contribution is 5.90. The second kappa shape index (κ2) is 12.7. The van der Waals surface area contributed by atoms with Crippen LogP contribution in [0.5, 0.6) is 0 Å². The maximum absolute atomic E-state index is 11.3. The molecule has 8 heteroatoms. The van der Waals surface area contributed by atoms with Crippen molar-refractivity contribution in [2.24, 2.45) is 10.2 Å². The summed E-state index contributed by atoms with van der Waals surface area (Å²) in [6.45, 7) is 8.94. The Morgan fingerprint density at radius 2 is 2.07 bits per heavy atom. The van der Waals surface area contributed by atoms with Crippen molar-refractivity contribution in [3.05, 3.63) is 30.6 Å². The smallest absolute Gasteiger partial charge is 0.221 e. The highest BCUT2D eigenvalue weighted by atomic mass is 16.5. The summed E-state index contributed by atoms with van der Waals surface area (Å²) < 4.78 is 5.56. The van der Waals surface area contributed by atoms with Crippen LogP contribution < -0.4 is 16.0 Å². The Labute approximate surface area is 168 Å². The standard InChI is InChI=1S/C20H34N6O2/c1-15(2)28-13-7-10-22-19-9-8-18(23-17(4)27)14-20(19)25-24-16(3)26(6)12-11-21-5/h8-9,11-12,14-16,21-22H,7,10,13H2,1-6H3,(H,23,27)/b12-11-,25-24?. The molecule has 1 atom stereocenters. The summed E-state index contributed by atoms with van der Waals surface area (Å²) in [5.41, 5.74) is 2.23. The predicted octanol–water partition coefficient (Wildman–Crippen LogP) is 3.92. The Kier molecular flexibility index (Phi) is 10.6. The number of anilines is 2. The van der Waals surface area contributed by atoms with Crippen molar-refractivity contribution in [1.29, 1.82) is 0 Å². The molecule has 0 saturated carbocycles. The molecule has 0 aliphatic rings. The van der Waals surface area contributed by atoms with Crippen molar-refractivity contribution in [2.75, 3.05) is 37.9 Å². The van der Waals surface area contributed by atoms with Crippen LogP contribution in [0.2, 0.25) is 0 Å². The first-order valence-electron chi connectivity index (χ1n) is 9.57. The Balaban J connectivity index is 2.86. The third-order valence-corrected chi connectivity index (χ3v) is 3.80. The topological polar surface area (TPSA) is 90.4 Å². The summed E-state index contributed by atoms with van der Waals surface area (Å²) in [5, 5.41) is 17.9. The third kappa shape index (κ3) is 9.36. The van der Waals surface area contributed by atoms with Gasteiger partial charge in [0.15, 0.2) is 0 Å². The number of carbonyl (C=O) groups is 1. The fourth-order valence-electron chi connectivity index (χ4n) is 2.20. The molecule has 1 aromatic carbocycles. The fourth-order valence-corrected chi connectivity index (χ4v) is 2.20. The van der Waals surface area contributed by atoms with Crippen LogP contribution in [-0.2, 0) is 9.53 Å². The number of amides is 1. The SMILES string of the molecule is CN/C=C\N(C)C(C)N=Nc1cc(NC(C)=O)ccc1NCCCOC(C)C. The van der Waals surface area contributed by atoms with Crippen LogP contribution in [-0.4, -0.2) is 50.3 Å². The van der Waals surface area contributed by atoms with Gasteiger partial charge >= 0.3 is 0 Å². The lowest BCUT2D eigenvalue weighted by Gasteiger charge is -2.18. The average Bonchev–Trinajstić information content (AvgIpc) is 2.64. The molecular formula is C20H34N6O2. The van der Waals surface area contributed by atoms with E-state index >= 15 is 0 Å². The van der Waals surface area contributed by atoms with Gasteiger partial charge in [0.05, 0.1) is 11.8 Å². The molecular weight excluding hydrogens is 356 g/mol. The van der Waals surface area contributed by atoms with E-state index in [2.05, 4.69) is 26.2 Å². The zero-order valence-corrected chi connectivity index (χ0v) is 17.8.